The van der Waals surface area contributed by atoms with E-state index >= 15 is 4.39 Å². The highest BCUT2D eigenvalue weighted by Gasteiger charge is 2.40. The molecule has 2 aliphatic rings. The zero-order valence-corrected chi connectivity index (χ0v) is 21.8. The second-order valence-corrected chi connectivity index (χ2v) is 9.98. The number of halogens is 2. The molecule has 0 spiro atoms. The lowest BCUT2D eigenvalue weighted by molar-refractivity contribution is -0.137. The molecular formula is C28H36F2N2O5. The Bertz CT molecular complexity index is 1100. The van der Waals surface area contributed by atoms with Gasteiger partial charge in [-0.05, 0) is 31.2 Å². The van der Waals surface area contributed by atoms with Gasteiger partial charge in [0.25, 0.3) is 0 Å². The molecule has 0 aromatic heterocycles. The summed E-state index contributed by atoms with van der Waals surface area (Å²) in [6, 6.07) is 9.25. The summed E-state index contributed by atoms with van der Waals surface area (Å²) in [6.07, 6.45) is 0.207. The zero-order valence-electron chi connectivity index (χ0n) is 21.8. The molecule has 2 heterocycles. The van der Waals surface area contributed by atoms with Gasteiger partial charge in [0.2, 0.25) is 0 Å². The number of carboxylic acids is 1. The van der Waals surface area contributed by atoms with Crippen molar-refractivity contribution >= 4 is 17.3 Å². The van der Waals surface area contributed by atoms with Gasteiger partial charge in [-0.25, -0.2) is 8.78 Å². The van der Waals surface area contributed by atoms with Gasteiger partial charge < -0.3 is 29.1 Å². The Morgan fingerprint density at radius 1 is 1.08 bits per heavy atom. The van der Waals surface area contributed by atoms with Crippen LogP contribution in [0.1, 0.15) is 33.6 Å². The molecule has 9 heteroatoms. The van der Waals surface area contributed by atoms with E-state index in [0.29, 0.717) is 49.8 Å². The van der Waals surface area contributed by atoms with Crippen molar-refractivity contribution in [1.82, 2.24) is 0 Å². The van der Waals surface area contributed by atoms with Crippen LogP contribution in [-0.2, 0) is 9.53 Å². The number of carbonyl (C=O) groups is 1. The normalized spacial score (nSPS) is 25.8. The lowest BCUT2D eigenvalue weighted by Crippen LogP contribution is -2.44. The average molecular weight is 519 g/mol. The van der Waals surface area contributed by atoms with Gasteiger partial charge in [0.1, 0.15) is 17.7 Å². The Morgan fingerprint density at radius 2 is 1.86 bits per heavy atom. The summed E-state index contributed by atoms with van der Waals surface area (Å²) < 4.78 is 46.9. The highest BCUT2D eigenvalue weighted by atomic mass is 19.1. The third-order valence-electron chi connectivity index (χ3n) is 7.58. The lowest BCUT2D eigenvalue weighted by atomic mass is 9.95. The maximum Gasteiger partial charge on any atom is 0.305 e. The summed E-state index contributed by atoms with van der Waals surface area (Å²) in [4.78, 5) is 15.3. The number of nitrogens with zero attached hydrogens (tertiary/aromatic N) is 2. The summed E-state index contributed by atoms with van der Waals surface area (Å²) >= 11 is 0. The van der Waals surface area contributed by atoms with E-state index in [1.165, 1.54) is 12.1 Å². The van der Waals surface area contributed by atoms with E-state index in [9.17, 15) is 14.3 Å². The Labute approximate surface area is 216 Å². The van der Waals surface area contributed by atoms with Gasteiger partial charge in [0.05, 0.1) is 24.8 Å². The molecule has 0 aliphatic carbocycles. The number of methoxy groups -OCH3 is 1. The second kappa shape index (κ2) is 11.5. The fourth-order valence-electron chi connectivity index (χ4n) is 5.52. The number of carboxylic acid groups (broad SMARTS) is 1. The van der Waals surface area contributed by atoms with Gasteiger partial charge in [-0.15, -0.1) is 0 Å². The molecule has 202 valence electrons. The van der Waals surface area contributed by atoms with E-state index < -0.39 is 11.8 Å². The molecule has 0 bridgehead atoms. The standard InChI is InChI=1S/C28H36F2N2O5/c1-5-36-20-7-8-21(29)24(13-20)31-11-10-25(17(2)15-31)37-26-9-6-19(12-22(26)30)32-16-27(35-4)18(3)23(32)14-28(33)34/h6-9,12-13,17-18,23,25,27H,5,10-11,14-16H2,1-4H3,(H,33,34)/t17?,18-,23?,25?,27-/m0/s1. The Hall–Kier alpha value is -3.07. The van der Waals surface area contributed by atoms with Gasteiger partial charge in [0.15, 0.2) is 11.6 Å². The quantitative estimate of drug-likeness (QED) is 0.503. The first kappa shape index (κ1) is 27.0. The molecule has 2 aromatic rings. The summed E-state index contributed by atoms with van der Waals surface area (Å²) in [5, 5.41) is 9.37. The van der Waals surface area contributed by atoms with Crippen molar-refractivity contribution < 1.29 is 32.9 Å². The first-order valence-electron chi connectivity index (χ1n) is 12.9. The van der Waals surface area contributed by atoms with E-state index in [1.54, 1.807) is 31.4 Å². The Morgan fingerprint density at radius 3 is 2.51 bits per heavy atom. The van der Waals surface area contributed by atoms with Crippen molar-refractivity contribution in [3.8, 4) is 11.5 Å². The molecular weight excluding hydrogens is 482 g/mol. The third kappa shape index (κ3) is 5.92. The topological polar surface area (TPSA) is 71.5 Å². The number of anilines is 2. The van der Waals surface area contributed by atoms with Crippen LogP contribution < -0.4 is 19.3 Å². The lowest BCUT2D eigenvalue weighted by Gasteiger charge is -2.38. The minimum atomic E-state index is -0.899. The highest BCUT2D eigenvalue weighted by molar-refractivity contribution is 5.69. The molecule has 0 amide bonds. The Kier molecular flexibility index (Phi) is 8.42. The number of benzene rings is 2. The summed E-state index contributed by atoms with van der Waals surface area (Å²) in [5.74, 6) is -0.889. The summed E-state index contributed by atoms with van der Waals surface area (Å²) in [6.45, 7) is 8.00. The number of hydrogen-bond acceptors (Lipinski definition) is 6. The predicted molar refractivity (Wildman–Crippen MR) is 138 cm³/mol. The molecule has 2 aliphatic heterocycles. The summed E-state index contributed by atoms with van der Waals surface area (Å²) in [7, 11) is 1.61. The third-order valence-corrected chi connectivity index (χ3v) is 7.58. The van der Waals surface area contributed by atoms with Crippen LogP contribution >= 0.6 is 0 Å². The number of hydrogen-bond donors (Lipinski definition) is 1. The first-order valence-corrected chi connectivity index (χ1v) is 12.9. The van der Waals surface area contributed by atoms with E-state index in [4.69, 9.17) is 14.2 Å². The zero-order chi connectivity index (χ0) is 26.7. The Balaban J connectivity index is 1.44. The van der Waals surface area contributed by atoms with Crippen molar-refractivity contribution in [2.24, 2.45) is 11.8 Å². The molecule has 0 radical (unpaired) electrons. The molecule has 2 fully saturated rings. The van der Waals surface area contributed by atoms with Gasteiger partial charge in [-0.3, -0.25) is 4.79 Å². The van der Waals surface area contributed by atoms with E-state index in [2.05, 4.69) is 0 Å². The number of aliphatic carboxylic acids is 1. The molecule has 1 N–H and O–H groups in total. The molecule has 2 saturated heterocycles. The van der Waals surface area contributed by atoms with Crippen LogP contribution in [-0.4, -0.2) is 62.7 Å². The van der Waals surface area contributed by atoms with Gasteiger partial charge >= 0.3 is 5.97 Å². The van der Waals surface area contributed by atoms with Crippen molar-refractivity contribution in [2.45, 2.75) is 51.9 Å². The molecule has 3 unspecified atom stereocenters. The van der Waals surface area contributed by atoms with Crippen molar-refractivity contribution in [2.75, 3.05) is 43.2 Å². The predicted octanol–water partition coefficient (Wildman–Crippen LogP) is 4.97. The smallest absolute Gasteiger partial charge is 0.305 e. The molecule has 37 heavy (non-hydrogen) atoms. The van der Waals surface area contributed by atoms with Crippen LogP contribution in [0.5, 0.6) is 11.5 Å². The van der Waals surface area contributed by atoms with Gasteiger partial charge in [0, 0.05) is 68.9 Å². The van der Waals surface area contributed by atoms with Crippen LogP contribution in [0, 0.1) is 23.5 Å². The van der Waals surface area contributed by atoms with Crippen LogP contribution in [0.3, 0.4) is 0 Å². The fraction of sp³-hybridized carbons (Fsp3) is 0.536. The van der Waals surface area contributed by atoms with Crippen LogP contribution in [0.2, 0.25) is 0 Å². The number of ether oxygens (including phenoxy) is 3. The second-order valence-electron chi connectivity index (χ2n) is 9.98. The van der Waals surface area contributed by atoms with E-state index in [0.717, 1.165) is 0 Å². The first-order chi connectivity index (χ1) is 17.7. The van der Waals surface area contributed by atoms with Gasteiger partial charge in [-0.2, -0.15) is 0 Å². The summed E-state index contributed by atoms with van der Waals surface area (Å²) in [5.41, 5.74) is 1.10. The molecule has 4 rings (SSSR count). The highest BCUT2D eigenvalue weighted by Crippen LogP contribution is 2.36. The molecule has 7 nitrogen and oxygen atoms in total. The SMILES string of the molecule is CCOc1ccc(F)c(N2CCC(Oc3ccc(N4C[C@H](OC)[C@@H](C)C4CC(=O)O)cc3F)C(C)C2)c1. The van der Waals surface area contributed by atoms with Crippen LogP contribution in [0.4, 0.5) is 20.2 Å². The number of piperidine rings is 1. The van der Waals surface area contributed by atoms with Gasteiger partial charge in [-0.1, -0.05) is 13.8 Å². The number of rotatable bonds is 9. The molecule has 0 saturated carbocycles. The van der Waals surface area contributed by atoms with E-state index in [1.807, 2.05) is 30.6 Å². The maximum atomic E-state index is 15.2. The fourth-order valence-corrected chi connectivity index (χ4v) is 5.52. The average Bonchev–Trinajstić information content (AvgIpc) is 3.17. The maximum absolute atomic E-state index is 15.2. The molecule has 5 atom stereocenters. The minimum absolute atomic E-state index is 0.00909. The van der Waals surface area contributed by atoms with Crippen molar-refractivity contribution in [3.63, 3.8) is 0 Å². The van der Waals surface area contributed by atoms with E-state index in [-0.39, 0.29) is 48.1 Å². The van der Waals surface area contributed by atoms with Crippen LogP contribution in [0.15, 0.2) is 36.4 Å². The molecule has 2 aromatic carbocycles. The minimum Gasteiger partial charge on any atom is -0.494 e. The largest absolute Gasteiger partial charge is 0.494 e. The van der Waals surface area contributed by atoms with Crippen LogP contribution in [0.25, 0.3) is 0 Å². The van der Waals surface area contributed by atoms with Crippen molar-refractivity contribution in [3.05, 3.63) is 48.0 Å². The monoisotopic (exact) mass is 518 g/mol. The van der Waals surface area contributed by atoms with Crippen molar-refractivity contribution in [1.29, 1.82) is 0 Å².